The van der Waals surface area contributed by atoms with Crippen LogP contribution in [0.15, 0.2) is 5.03 Å². The van der Waals surface area contributed by atoms with E-state index in [1.807, 2.05) is 0 Å². The first-order chi connectivity index (χ1) is 9.94. The second kappa shape index (κ2) is 5.39. The molecule has 0 spiro atoms. The van der Waals surface area contributed by atoms with Gasteiger partial charge in [-0.05, 0) is 38.5 Å². The van der Waals surface area contributed by atoms with Gasteiger partial charge >= 0.3 is 0 Å². The fourth-order valence-electron chi connectivity index (χ4n) is 3.22. The van der Waals surface area contributed by atoms with Crippen molar-refractivity contribution < 1.29 is 8.42 Å². The molecule has 3 rings (SSSR count). The molecule has 1 aromatic rings. The third kappa shape index (κ3) is 2.75. The minimum Gasteiger partial charge on any atom is -0.327 e. The smallest absolute Gasteiger partial charge is 0.260 e. The fraction of sp³-hybridized carbons (Fsp3) is 0.800. The van der Waals surface area contributed by atoms with E-state index in [4.69, 9.17) is 0 Å². The summed E-state index contributed by atoms with van der Waals surface area (Å²) >= 11 is 0. The Morgan fingerprint density at radius 1 is 1.33 bits per heavy atom. The molecule has 1 saturated carbocycles. The van der Waals surface area contributed by atoms with E-state index in [0.717, 1.165) is 50.0 Å². The molecule has 5 nitrogen and oxygen atoms in total. The Labute approximate surface area is 127 Å². The number of rotatable bonds is 5. The fourth-order valence-corrected chi connectivity index (χ4v) is 4.73. The van der Waals surface area contributed by atoms with E-state index in [1.165, 1.54) is 0 Å². The third-order valence-corrected chi connectivity index (χ3v) is 5.94. The molecule has 2 aliphatic rings. The summed E-state index contributed by atoms with van der Waals surface area (Å²) in [6.07, 6.45) is 5.91. The number of nitrogens with zero attached hydrogens (tertiary/aromatic N) is 2. The maximum atomic E-state index is 12.6. The number of imidazole rings is 1. The summed E-state index contributed by atoms with van der Waals surface area (Å²) in [6.45, 7) is 6.34. The van der Waals surface area contributed by atoms with Gasteiger partial charge < -0.3 is 4.57 Å². The molecule has 1 aliphatic carbocycles. The van der Waals surface area contributed by atoms with Crippen molar-refractivity contribution in [1.82, 2.24) is 14.3 Å². The zero-order valence-electron chi connectivity index (χ0n) is 13.1. The first kappa shape index (κ1) is 15.0. The van der Waals surface area contributed by atoms with Gasteiger partial charge in [-0.1, -0.05) is 20.8 Å². The quantitative estimate of drug-likeness (QED) is 0.909. The standard InChI is InChI=1S/C15H25N3O2S/c1-4-12-6-5-7-13-15(16-14(10(2)3)18(12)13)21(19,20)17-11-8-9-11/h10-12,17H,4-9H2,1-3H3. The Bertz CT molecular complexity index is 630. The molecule has 0 bridgehead atoms. The lowest BCUT2D eigenvalue weighted by molar-refractivity contribution is 0.373. The van der Waals surface area contributed by atoms with Gasteiger partial charge in [-0.2, -0.15) is 0 Å². The summed E-state index contributed by atoms with van der Waals surface area (Å²) in [5.41, 5.74) is 0.921. The van der Waals surface area contributed by atoms with Crippen LogP contribution in [-0.2, 0) is 16.4 Å². The molecule has 21 heavy (non-hydrogen) atoms. The molecular weight excluding hydrogens is 286 g/mol. The predicted molar refractivity (Wildman–Crippen MR) is 81.9 cm³/mol. The summed E-state index contributed by atoms with van der Waals surface area (Å²) in [7, 11) is -3.46. The van der Waals surface area contributed by atoms with E-state index in [9.17, 15) is 8.42 Å². The van der Waals surface area contributed by atoms with Crippen LogP contribution < -0.4 is 4.72 Å². The Morgan fingerprint density at radius 2 is 2.05 bits per heavy atom. The molecule has 1 atom stereocenters. The third-order valence-electron chi connectivity index (χ3n) is 4.46. The van der Waals surface area contributed by atoms with E-state index in [-0.39, 0.29) is 17.0 Å². The zero-order valence-corrected chi connectivity index (χ0v) is 13.9. The second-order valence-electron chi connectivity index (χ2n) is 6.60. The number of nitrogens with one attached hydrogen (secondary N) is 1. The van der Waals surface area contributed by atoms with Gasteiger partial charge in [0.05, 0.1) is 5.69 Å². The highest BCUT2D eigenvalue weighted by Crippen LogP contribution is 2.35. The Hall–Kier alpha value is -0.880. The highest BCUT2D eigenvalue weighted by Gasteiger charge is 2.35. The average Bonchev–Trinajstić information content (AvgIpc) is 3.13. The topological polar surface area (TPSA) is 64.0 Å². The van der Waals surface area contributed by atoms with Crippen LogP contribution in [0.25, 0.3) is 0 Å². The molecule has 0 amide bonds. The Morgan fingerprint density at radius 3 is 2.62 bits per heavy atom. The van der Waals surface area contributed by atoms with Gasteiger partial charge in [0.1, 0.15) is 5.82 Å². The van der Waals surface area contributed by atoms with Crippen molar-refractivity contribution in [3.05, 3.63) is 11.5 Å². The highest BCUT2D eigenvalue weighted by atomic mass is 32.2. The van der Waals surface area contributed by atoms with E-state index >= 15 is 0 Å². The minimum atomic E-state index is -3.46. The number of aromatic nitrogens is 2. The summed E-state index contributed by atoms with van der Waals surface area (Å²) in [4.78, 5) is 4.55. The summed E-state index contributed by atoms with van der Waals surface area (Å²) in [6, 6.07) is 0.518. The molecule has 1 fully saturated rings. The normalized spacial score (nSPS) is 22.6. The molecule has 1 aliphatic heterocycles. The maximum absolute atomic E-state index is 12.6. The first-order valence-electron chi connectivity index (χ1n) is 8.07. The molecule has 118 valence electrons. The summed E-state index contributed by atoms with van der Waals surface area (Å²) < 4.78 is 30.2. The van der Waals surface area contributed by atoms with Crippen LogP contribution in [0.4, 0.5) is 0 Å². The van der Waals surface area contributed by atoms with Gasteiger partial charge in [-0.25, -0.2) is 18.1 Å². The van der Waals surface area contributed by atoms with Gasteiger partial charge in [0.15, 0.2) is 5.03 Å². The minimum absolute atomic E-state index is 0.125. The van der Waals surface area contributed by atoms with Crippen molar-refractivity contribution in [3.63, 3.8) is 0 Å². The molecular formula is C15H25N3O2S. The van der Waals surface area contributed by atoms with Crippen molar-refractivity contribution >= 4 is 10.0 Å². The molecule has 0 radical (unpaired) electrons. The maximum Gasteiger partial charge on any atom is 0.260 e. The van der Waals surface area contributed by atoms with Gasteiger partial charge in [-0.15, -0.1) is 0 Å². The lowest BCUT2D eigenvalue weighted by atomic mass is 10.00. The van der Waals surface area contributed by atoms with Crippen LogP contribution in [0, 0.1) is 0 Å². The molecule has 0 aromatic carbocycles. The lowest BCUT2D eigenvalue weighted by Crippen LogP contribution is -2.28. The van der Waals surface area contributed by atoms with Crippen LogP contribution in [-0.4, -0.2) is 24.0 Å². The molecule has 1 aromatic heterocycles. The van der Waals surface area contributed by atoms with Crippen molar-refractivity contribution in [3.8, 4) is 0 Å². The van der Waals surface area contributed by atoms with Gasteiger partial charge in [-0.3, -0.25) is 0 Å². The number of sulfonamides is 1. The zero-order chi connectivity index (χ0) is 15.2. The van der Waals surface area contributed by atoms with Crippen LogP contribution in [0.5, 0.6) is 0 Å². The first-order valence-corrected chi connectivity index (χ1v) is 9.55. The van der Waals surface area contributed by atoms with Crippen LogP contribution >= 0.6 is 0 Å². The Kier molecular flexibility index (Phi) is 3.86. The van der Waals surface area contributed by atoms with Crippen LogP contribution in [0.3, 0.4) is 0 Å². The molecule has 6 heteroatoms. The molecule has 1 N–H and O–H groups in total. The number of hydrogen-bond donors (Lipinski definition) is 1. The van der Waals surface area contributed by atoms with E-state index in [2.05, 4.69) is 35.0 Å². The van der Waals surface area contributed by atoms with E-state index in [1.54, 1.807) is 0 Å². The monoisotopic (exact) mass is 311 g/mol. The highest BCUT2D eigenvalue weighted by molar-refractivity contribution is 7.89. The SMILES string of the molecule is CCC1CCCc2c(S(=O)(=O)NC3CC3)nc(C(C)C)n21. The van der Waals surface area contributed by atoms with Gasteiger partial charge in [0.2, 0.25) is 0 Å². The van der Waals surface area contributed by atoms with Crippen molar-refractivity contribution in [1.29, 1.82) is 0 Å². The van der Waals surface area contributed by atoms with Crippen LogP contribution in [0.1, 0.15) is 76.4 Å². The van der Waals surface area contributed by atoms with Crippen molar-refractivity contribution in [2.24, 2.45) is 0 Å². The Balaban J connectivity index is 2.09. The predicted octanol–water partition coefficient (Wildman–Crippen LogP) is 2.73. The largest absolute Gasteiger partial charge is 0.327 e. The van der Waals surface area contributed by atoms with Gasteiger partial charge in [0, 0.05) is 18.0 Å². The molecule has 0 saturated heterocycles. The van der Waals surface area contributed by atoms with Crippen molar-refractivity contribution in [2.45, 2.75) is 82.3 Å². The molecule has 1 unspecified atom stereocenters. The lowest BCUT2D eigenvalue weighted by Gasteiger charge is -2.27. The number of hydrogen-bond acceptors (Lipinski definition) is 3. The average molecular weight is 311 g/mol. The summed E-state index contributed by atoms with van der Waals surface area (Å²) in [5, 5.41) is 0.288. The summed E-state index contributed by atoms with van der Waals surface area (Å²) in [5.74, 6) is 1.16. The number of fused-ring (bicyclic) bond motifs is 1. The van der Waals surface area contributed by atoms with E-state index in [0.29, 0.717) is 6.04 Å². The van der Waals surface area contributed by atoms with Crippen molar-refractivity contribution in [2.75, 3.05) is 0 Å². The van der Waals surface area contributed by atoms with E-state index < -0.39 is 10.0 Å². The van der Waals surface area contributed by atoms with Gasteiger partial charge in [0.25, 0.3) is 10.0 Å². The second-order valence-corrected chi connectivity index (χ2v) is 8.23. The molecule has 2 heterocycles. The van der Waals surface area contributed by atoms with Crippen LogP contribution in [0.2, 0.25) is 0 Å².